The van der Waals surface area contributed by atoms with E-state index in [9.17, 15) is 9.59 Å². The Morgan fingerprint density at radius 2 is 2.18 bits per heavy atom. The number of fused-ring (bicyclic) bond motifs is 2. The number of amides is 1. The topological polar surface area (TPSA) is 74.0 Å². The van der Waals surface area contributed by atoms with Crippen molar-refractivity contribution in [1.29, 1.82) is 0 Å². The fraction of sp³-hybridized carbons (Fsp3) is 0.125. The van der Waals surface area contributed by atoms with E-state index in [0.717, 1.165) is 10.9 Å². The number of thioether (sulfide) groups is 1. The molecule has 3 N–H and O–H groups in total. The highest BCUT2D eigenvalue weighted by Crippen LogP contribution is 2.30. The molecule has 6 heteroatoms. The molecule has 2 aliphatic heterocycles. The normalized spacial score (nSPS) is 23.1. The van der Waals surface area contributed by atoms with Crippen molar-refractivity contribution in [1.82, 2.24) is 10.3 Å². The molecule has 0 aliphatic carbocycles. The summed E-state index contributed by atoms with van der Waals surface area (Å²) in [6, 6.07) is 7.54. The number of carbonyl (C=O) groups excluding carboxylic acids is 2. The summed E-state index contributed by atoms with van der Waals surface area (Å²) >= 11 is 1.45. The summed E-state index contributed by atoms with van der Waals surface area (Å²) in [6.07, 6.45) is 5.30. The first-order valence-corrected chi connectivity index (χ1v) is 7.88. The Kier molecular flexibility index (Phi) is 3.04. The highest BCUT2D eigenvalue weighted by Gasteiger charge is 2.37. The second kappa shape index (κ2) is 5.06. The number of carbonyl (C=O) groups is 2. The molecule has 0 saturated carbocycles. The van der Waals surface area contributed by atoms with Gasteiger partial charge in [-0.25, -0.2) is 0 Å². The molecule has 4 rings (SSSR count). The van der Waals surface area contributed by atoms with Gasteiger partial charge >= 0.3 is 0 Å². The molecule has 2 atom stereocenters. The molecule has 110 valence electrons. The number of Topliss-reactive ketones (excluding diaryl/α,β-unsaturated/α-hetero) is 1. The Bertz CT molecular complexity index is 837. The predicted molar refractivity (Wildman–Crippen MR) is 87.5 cm³/mol. The highest BCUT2D eigenvalue weighted by atomic mass is 32.2. The number of anilines is 1. The van der Waals surface area contributed by atoms with Gasteiger partial charge in [-0.05, 0) is 29.0 Å². The van der Waals surface area contributed by atoms with E-state index in [1.807, 2.05) is 41.9 Å². The third-order valence-electron chi connectivity index (χ3n) is 3.84. The lowest BCUT2D eigenvalue weighted by Gasteiger charge is -2.24. The van der Waals surface area contributed by atoms with Gasteiger partial charge in [0.1, 0.15) is 0 Å². The number of benzene rings is 1. The van der Waals surface area contributed by atoms with Gasteiger partial charge in [0.05, 0.1) is 16.9 Å². The minimum atomic E-state index is -0.380. The van der Waals surface area contributed by atoms with Crippen LogP contribution in [0.2, 0.25) is 0 Å². The maximum atomic E-state index is 12.4. The van der Waals surface area contributed by atoms with Crippen LogP contribution in [-0.4, -0.2) is 28.0 Å². The number of ketones is 1. The zero-order valence-corrected chi connectivity index (χ0v) is 12.3. The molecule has 1 aromatic heterocycles. The van der Waals surface area contributed by atoms with E-state index >= 15 is 0 Å². The zero-order valence-electron chi connectivity index (χ0n) is 11.5. The average Bonchev–Trinajstić information content (AvgIpc) is 3.15. The Balaban J connectivity index is 1.55. The molecule has 2 aromatic rings. The molecule has 22 heavy (non-hydrogen) atoms. The Labute approximate surface area is 130 Å². The third-order valence-corrected chi connectivity index (χ3v) is 4.95. The van der Waals surface area contributed by atoms with E-state index in [2.05, 4.69) is 15.6 Å². The van der Waals surface area contributed by atoms with E-state index < -0.39 is 0 Å². The van der Waals surface area contributed by atoms with Gasteiger partial charge in [-0.3, -0.25) is 9.59 Å². The Hall–Kier alpha value is -2.47. The number of aromatic nitrogens is 1. The van der Waals surface area contributed by atoms with Crippen LogP contribution in [-0.2, 0) is 9.59 Å². The smallest absolute Gasteiger partial charge is 0.260 e. The van der Waals surface area contributed by atoms with Crippen LogP contribution in [0, 0.1) is 0 Å². The van der Waals surface area contributed by atoms with Gasteiger partial charge in [0, 0.05) is 23.6 Å². The number of H-pyrrole nitrogens is 1. The molecule has 0 bridgehead atoms. The van der Waals surface area contributed by atoms with E-state index in [1.54, 1.807) is 0 Å². The second-order valence-electron chi connectivity index (χ2n) is 5.23. The average molecular weight is 311 g/mol. The van der Waals surface area contributed by atoms with Crippen molar-refractivity contribution in [3.8, 4) is 0 Å². The monoisotopic (exact) mass is 311 g/mol. The molecule has 0 saturated heterocycles. The van der Waals surface area contributed by atoms with E-state index in [-0.39, 0.29) is 28.6 Å². The number of hydrogen-bond acceptors (Lipinski definition) is 4. The summed E-state index contributed by atoms with van der Waals surface area (Å²) in [5.41, 5.74) is 1.77. The SMILES string of the molecule is O=C(Nc1ccc2cc[nH]c2c1)C1=CNC2C=CSC2C1=O. The lowest BCUT2D eigenvalue weighted by Crippen LogP contribution is -2.44. The standard InChI is InChI=1S/C16H13N3O2S/c20-14-11(8-18-12-4-6-22-15(12)14)16(21)19-10-2-1-9-3-5-17-13(9)7-10/h1-8,12,15,17-18H,(H,19,21). The van der Waals surface area contributed by atoms with Gasteiger partial charge in [0.15, 0.2) is 5.78 Å². The highest BCUT2D eigenvalue weighted by molar-refractivity contribution is 8.03. The van der Waals surface area contributed by atoms with Crippen LogP contribution in [0.25, 0.3) is 10.9 Å². The van der Waals surface area contributed by atoms with E-state index in [0.29, 0.717) is 5.69 Å². The van der Waals surface area contributed by atoms with Crippen LogP contribution in [0.15, 0.2) is 53.7 Å². The molecular formula is C16H13N3O2S. The summed E-state index contributed by atoms with van der Waals surface area (Å²) in [5, 5.41) is 8.61. The molecule has 3 heterocycles. The van der Waals surface area contributed by atoms with Gasteiger partial charge in [0.25, 0.3) is 5.91 Å². The molecule has 2 aliphatic rings. The van der Waals surface area contributed by atoms with Crippen LogP contribution in [0.4, 0.5) is 5.69 Å². The van der Waals surface area contributed by atoms with E-state index in [4.69, 9.17) is 0 Å². The minimum absolute atomic E-state index is 0.00989. The van der Waals surface area contributed by atoms with E-state index in [1.165, 1.54) is 18.0 Å². The number of rotatable bonds is 2. The molecule has 0 radical (unpaired) electrons. The van der Waals surface area contributed by atoms with Crippen molar-refractivity contribution in [2.75, 3.05) is 5.32 Å². The van der Waals surface area contributed by atoms with Crippen LogP contribution in [0.3, 0.4) is 0 Å². The van der Waals surface area contributed by atoms with Gasteiger partial charge in [0.2, 0.25) is 0 Å². The van der Waals surface area contributed by atoms with Crippen molar-refractivity contribution < 1.29 is 9.59 Å². The van der Waals surface area contributed by atoms with Crippen molar-refractivity contribution in [2.24, 2.45) is 0 Å². The van der Waals surface area contributed by atoms with Crippen LogP contribution < -0.4 is 10.6 Å². The number of aromatic amines is 1. The Morgan fingerprint density at radius 3 is 3.09 bits per heavy atom. The van der Waals surface area contributed by atoms with Gasteiger partial charge in [-0.2, -0.15) is 0 Å². The Morgan fingerprint density at radius 1 is 1.27 bits per heavy atom. The van der Waals surface area contributed by atoms with Crippen molar-refractivity contribution in [2.45, 2.75) is 11.3 Å². The van der Waals surface area contributed by atoms with Crippen molar-refractivity contribution in [3.63, 3.8) is 0 Å². The summed E-state index contributed by atoms with van der Waals surface area (Å²) in [7, 11) is 0. The molecule has 0 spiro atoms. The largest absolute Gasteiger partial charge is 0.382 e. The summed E-state index contributed by atoms with van der Waals surface area (Å²) in [5.74, 6) is -0.508. The number of hydrogen-bond donors (Lipinski definition) is 3. The summed E-state index contributed by atoms with van der Waals surface area (Å²) < 4.78 is 0. The summed E-state index contributed by atoms with van der Waals surface area (Å²) in [4.78, 5) is 27.8. The fourth-order valence-corrected chi connectivity index (χ4v) is 3.69. The predicted octanol–water partition coefficient (Wildman–Crippen LogP) is 2.16. The van der Waals surface area contributed by atoms with Crippen LogP contribution >= 0.6 is 11.8 Å². The molecular weight excluding hydrogens is 298 g/mol. The lowest BCUT2D eigenvalue weighted by molar-refractivity contribution is -0.120. The fourth-order valence-electron chi connectivity index (χ4n) is 2.67. The van der Waals surface area contributed by atoms with Gasteiger partial charge < -0.3 is 15.6 Å². The number of nitrogens with one attached hydrogen (secondary N) is 3. The molecule has 2 unspecified atom stereocenters. The molecule has 0 fully saturated rings. The van der Waals surface area contributed by atoms with Gasteiger partial charge in [-0.15, -0.1) is 11.8 Å². The quantitative estimate of drug-likeness (QED) is 0.743. The third kappa shape index (κ3) is 2.12. The van der Waals surface area contributed by atoms with Crippen LogP contribution in [0.5, 0.6) is 0 Å². The first-order valence-electron chi connectivity index (χ1n) is 6.93. The maximum absolute atomic E-state index is 12.4. The van der Waals surface area contributed by atoms with Crippen molar-refractivity contribution in [3.05, 3.63) is 53.7 Å². The lowest BCUT2D eigenvalue weighted by atomic mass is 9.99. The first kappa shape index (κ1) is 13.2. The maximum Gasteiger partial charge on any atom is 0.260 e. The molecule has 1 amide bonds. The molecule has 5 nitrogen and oxygen atoms in total. The summed E-state index contributed by atoms with van der Waals surface area (Å²) in [6.45, 7) is 0. The zero-order chi connectivity index (χ0) is 15.1. The molecule has 1 aromatic carbocycles. The van der Waals surface area contributed by atoms with Crippen LogP contribution in [0.1, 0.15) is 0 Å². The van der Waals surface area contributed by atoms with Gasteiger partial charge in [-0.1, -0.05) is 12.1 Å². The van der Waals surface area contributed by atoms with Crippen molar-refractivity contribution >= 4 is 40.0 Å². The first-order chi connectivity index (χ1) is 10.7. The minimum Gasteiger partial charge on any atom is -0.382 e. The second-order valence-corrected chi connectivity index (χ2v) is 6.29.